The summed E-state index contributed by atoms with van der Waals surface area (Å²) >= 11 is 1.64. The van der Waals surface area contributed by atoms with Crippen molar-refractivity contribution in [1.29, 1.82) is 0 Å². The number of nitrogens with zero attached hydrogens (tertiary/aromatic N) is 1. The largest absolute Gasteiger partial charge is 0.486 e. The Balaban J connectivity index is 1.64. The molecule has 6 heteroatoms. The second kappa shape index (κ2) is 6.83. The zero-order valence-corrected chi connectivity index (χ0v) is 14.1. The molecule has 2 aromatic rings. The van der Waals surface area contributed by atoms with Gasteiger partial charge in [0.05, 0.1) is 6.54 Å². The van der Waals surface area contributed by atoms with Crippen molar-refractivity contribution in [2.45, 2.75) is 25.5 Å². The average Bonchev–Trinajstić information content (AvgIpc) is 3.32. The highest BCUT2D eigenvalue weighted by molar-refractivity contribution is 7.09. The number of ether oxygens (including phenoxy) is 3. The lowest BCUT2D eigenvalue weighted by Gasteiger charge is -2.27. The third-order valence-electron chi connectivity index (χ3n) is 4.20. The molecule has 4 rings (SSSR count). The van der Waals surface area contributed by atoms with Crippen molar-refractivity contribution in [3.63, 3.8) is 0 Å². The maximum absolute atomic E-state index is 13.0. The van der Waals surface area contributed by atoms with Crippen molar-refractivity contribution in [3.05, 3.63) is 40.6 Å². The van der Waals surface area contributed by atoms with Gasteiger partial charge in [-0.2, -0.15) is 0 Å². The number of carbonyl (C=O) groups is 1. The van der Waals surface area contributed by atoms with Crippen LogP contribution in [0.3, 0.4) is 0 Å². The van der Waals surface area contributed by atoms with Crippen LogP contribution in [0.1, 0.15) is 17.7 Å². The third kappa shape index (κ3) is 3.12. The van der Waals surface area contributed by atoms with Crippen molar-refractivity contribution >= 4 is 22.9 Å². The highest BCUT2D eigenvalue weighted by Gasteiger charge is 2.30. The van der Waals surface area contributed by atoms with Crippen LogP contribution in [-0.4, -0.2) is 31.8 Å². The topological polar surface area (TPSA) is 48.0 Å². The van der Waals surface area contributed by atoms with Gasteiger partial charge in [-0.25, -0.2) is 0 Å². The van der Waals surface area contributed by atoms with Gasteiger partial charge in [0.25, 0.3) is 5.91 Å². The van der Waals surface area contributed by atoms with Crippen LogP contribution in [0, 0.1) is 0 Å². The number of amides is 1. The zero-order chi connectivity index (χ0) is 16.4. The number of thiophene rings is 1. The van der Waals surface area contributed by atoms with Gasteiger partial charge in [0.15, 0.2) is 11.5 Å². The second-order valence-electron chi connectivity index (χ2n) is 5.83. The Kier molecular flexibility index (Phi) is 4.40. The molecule has 1 amide bonds. The van der Waals surface area contributed by atoms with E-state index in [-0.39, 0.29) is 12.0 Å². The fourth-order valence-corrected chi connectivity index (χ4v) is 3.69. The summed E-state index contributed by atoms with van der Waals surface area (Å²) in [6, 6.07) is 9.70. The summed E-state index contributed by atoms with van der Waals surface area (Å²) in [6.07, 6.45) is 1.37. The maximum atomic E-state index is 13.0. The molecule has 1 aromatic carbocycles. The highest BCUT2D eigenvalue weighted by atomic mass is 32.1. The molecule has 1 fully saturated rings. The SMILES string of the molecule is O=C(C1CCCO1)N(Cc1cccs1)c1ccc2c(c1)OCCO2. The normalized spacial score (nSPS) is 19.2. The smallest absolute Gasteiger partial charge is 0.256 e. The number of hydrogen-bond acceptors (Lipinski definition) is 5. The third-order valence-corrected chi connectivity index (χ3v) is 5.06. The van der Waals surface area contributed by atoms with Gasteiger partial charge in [-0.3, -0.25) is 4.79 Å². The number of benzene rings is 1. The maximum Gasteiger partial charge on any atom is 0.256 e. The Bertz CT molecular complexity index is 710. The van der Waals surface area contributed by atoms with Gasteiger partial charge >= 0.3 is 0 Å². The second-order valence-corrected chi connectivity index (χ2v) is 6.87. The quantitative estimate of drug-likeness (QED) is 0.854. The van der Waals surface area contributed by atoms with E-state index in [1.807, 2.05) is 35.7 Å². The molecule has 24 heavy (non-hydrogen) atoms. The van der Waals surface area contributed by atoms with Crippen LogP contribution in [0.5, 0.6) is 11.5 Å². The monoisotopic (exact) mass is 345 g/mol. The Hall–Kier alpha value is -2.05. The van der Waals surface area contributed by atoms with Gasteiger partial charge in [0.1, 0.15) is 19.3 Å². The summed E-state index contributed by atoms with van der Waals surface area (Å²) in [5.41, 5.74) is 0.813. The van der Waals surface area contributed by atoms with Crippen LogP contribution < -0.4 is 14.4 Å². The first-order valence-corrected chi connectivity index (χ1v) is 9.04. The predicted molar refractivity (Wildman–Crippen MR) is 91.9 cm³/mol. The first-order valence-electron chi connectivity index (χ1n) is 8.16. The number of anilines is 1. The molecule has 3 heterocycles. The first-order chi connectivity index (χ1) is 11.8. The summed E-state index contributed by atoms with van der Waals surface area (Å²) in [4.78, 5) is 15.9. The van der Waals surface area contributed by atoms with Crippen molar-refractivity contribution in [3.8, 4) is 11.5 Å². The highest BCUT2D eigenvalue weighted by Crippen LogP contribution is 2.35. The van der Waals surface area contributed by atoms with E-state index in [1.54, 1.807) is 16.2 Å². The number of hydrogen-bond donors (Lipinski definition) is 0. The molecule has 126 valence electrons. The van der Waals surface area contributed by atoms with Gasteiger partial charge in [-0.15, -0.1) is 11.3 Å². The molecule has 1 saturated heterocycles. The number of fused-ring (bicyclic) bond motifs is 1. The van der Waals surface area contributed by atoms with Crippen LogP contribution in [0.15, 0.2) is 35.7 Å². The molecule has 0 N–H and O–H groups in total. The van der Waals surface area contributed by atoms with Crippen molar-refractivity contribution in [2.24, 2.45) is 0 Å². The first kappa shape index (κ1) is 15.5. The lowest BCUT2D eigenvalue weighted by atomic mass is 10.1. The fraction of sp³-hybridized carbons (Fsp3) is 0.389. The molecule has 0 spiro atoms. The van der Waals surface area contributed by atoms with Gasteiger partial charge in [-0.05, 0) is 36.4 Å². The minimum absolute atomic E-state index is 0.0116. The summed E-state index contributed by atoms with van der Waals surface area (Å²) in [7, 11) is 0. The van der Waals surface area contributed by atoms with Gasteiger partial charge in [-0.1, -0.05) is 6.07 Å². The lowest BCUT2D eigenvalue weighted by molar-refractivity contribution is -0.127. The molecule has 5 nitrogen and oxygen atoms in total. The molecular weight excluding hydrogens is 326 g/mol. The van der Waals surface area contributed by atoms with Gasteiger partial charge in [0.2, 0.25) is 0 Å². The summed E-state index contributed by atoms with van der Waals surface area (Å²) in [6.45, 7) is 2.28. The molecule has 0 saturated carbocycles. The van der Waals surface area contributed by atoms with Gasteiger partial charge < -0.3 is 19.1 Å². The number of rotatable bonds is 4. The molecule has 2 aliphatic rings. The van der Waals surface area contributed by atoms with E-state index in [9.17, 15) is 4.79 Å². The van der Waals surface area contributed by atoms with Gasteiger partial charge in [0, 0.05) is 23.2 Å². The van der Waals surface area contributed by atoms with Crippen LogP contribution in [0.4, 0.5) is 5.69 Å². The Morgan fingerprint density at radius 1 is 1.17 bits per heavy atom. The lowest BCUT2D eigenvalue weighted by Crippen LogP contribution is -2.38. The standard InChI is InChI=1S/C18H19NO4S/c20-18(16-4-1-7-21-16)19(12-14-3-2-10-24-14)13-5-6-15-17(11-13)23-9-8-22-15/h2-3,5-6,10-11,16H,1,4,7-9,12H2. The molecule has 0 aliphatic carbocycles. The van der Waals surface area contributed by atoms with E-state index in [0.717, 1.165) is 29.2 Å². The number of carbonyl (C=O) groups excluding carboxylic acids is 1. The minimum Gasteiger partial charge on any atom is -0.486 e. The van der Waals surface area contributed by atoms with Crippen LogP contribution in [0.25, 0.3) is 0 Å². The predicted octanol–water partition coefficient (Wildman–Crippen LogP) is 3.23. The summed E-state index contributed by atoms with van der Waals surface area (Å²) < 4.78 is 16.8. The van der Waals surface area contributed by atoms with E-state index in [2.05, 4.69) is 0 Å². The zero-order valence-electron chi connectivity index (χ0n) is 13.3. The average molecular weight is 345 g/mol. The Labute approximate surface area is 144 Å². The van der Waals surface area contributed by atoms with Crippen molar-refractivity contribution in [2.75, 3.05) is 24.7 Å². The van der Waals surface area contributed by atoms with E-state index in [0.29, 0.717) is 32.1 Å². The molecular formula is C18H19NO4S. The molecule has 1 unspecified atom stereocenters. The molecule has 0 bridgehead atoms. The van der Waals surface area contributed by atoms with Crippen LogP contribution in [-0.2, 0) is 16.1 Å². The Morgan fingerprint density at radius 2 is 2.04 bits per heavy atom. The molecule has 1 aromatic heterocycles. The molecule has 0 radical (unpaired) electrons. The van der Waals surface area contributed by atoms with Crippen molar-refractivity contribution < 1.29 is 19.0 Å². The summed E-state index contributed by atoms with van der Waals surface area (Å²) in [5.74, 6) is 1.43. The van der Waals surface area contributed by atoms with E-state index >= 15 is 0 Å². The van der Waals surface area contributed by atoms with E-state index in [1.165, 1.54) is 0 Å². The van der Waals surface area contributed by atoms with E-state index < -0.39 is 0 Å². The minimum atomic E-state index is -0.349. The van der Waals surface area contributed by atoms with E-state index in [4.69, 9.17) is 14.2 Å². The molecule has 2 aliphatic heterocycles. The summed E-state index contributed by atoms with van der Waals surface area (Å²) in [5, 5.41) is 2.02. The van der Waals surface area contributed by atoms with Crippen LogP contribution in [0.2, 0.25) is 0 Å². The van der Waals surface area contributed by atoms with Crippen LogP contribution >= 0.6 is 11.3 Å². The fourth-order valence-electron chi connectivity index (χ4n) is 3.00. The molecule has 1 atom stereocenters. The Morgan fingerprint density at radius 3 is 2.79 bits per heavy atom. The van der Waals surface area contributed by atoms with Crippen molar-refractivity contribution in [1.82, 2.24) is 0 Å².